The third-order valence-corrected chi connectivity index (χ3v) is 4.11. The van der Waals surface area contributed by atoms with Crippen LogP contribution < -0.4 is 5.32 Å². The van der Waals surface area contributed by atoms with Gasteiger partial charge in [-0.2, -0.15) is 13.2 Å². The van der Waals surface area contributed by atoms with Crippen LogP contribution in [0.25, 0.3) is 11.4 Å². The Balaban J connectivity index is 0.000000370. The quantitative estimate of drug-likeness (QED) is 0.749. The Morgan fingerprint density at radius 3 is 2.28 bits per heavy atom. The van der Waals surface area contributed by atoms with E-state index < -0.39 is 12.1 Å². The molecule has 0 radical (unpaired) electrons. The van der Waals surface area contributed by atoms with Gasteiger partial charge in [-0.3, -0.25) is 4.79 Å². The van der Waals surface area contributed by atoms with Gasteiger partial charge in [0.05, 0.1) is 5.69 Å². The Morgan fingerprint density at radius 1 is 1.17 bits per heavy atom. The number of aliphatic carboxylic acids is 1. The van der Waals surface area contributed by atoms with E-state index in [1.807, 2.05) is 18.2 Å². The summed E-state index contributed by atoms with van der Waals surface area (Å²) in [6.07, 6.45) is -4.56. The first kappa shape index (κ1) is 22.6. The van der Waals surface area contributed by atoms with Crippen LogP contribution in [0, 0.1) is 5.41 Å². The summed E-state index contributed by atoms with van der Waals surface area (Å²) >= 11 is 0. The van der Waals surface area contributed by atoms with Crippen LogP contribution in [-0.2, 0) is 17.9 Å². The van der Waals surface area contributed by atoms with Crippen LogP contribution in [-0.4, -0.2) is 39.1 Å². The van der Waals surface area contributed by atoms with Crippen LogP contribution in [0.5, 0.6) is 0 Å². The van der Waals surface area contributed by atoms with Gasteiger partial charge >= 0.3 is 12.1 Å². The maximum atomic E-state index is 12.7. The number of carbonyl (C=O) groups is 2. The van der Waals surface area contributed by atoms with E-state index >= 15 is 0 Å². The molecular weight excluding hydrogens is 387 g/mol. The number of ketones is 1. The van der Waals surface area contributed by atoms with Gasteiger partial charge in [-0.25, -0.2) is 9.78 Å². The molecule has 0 amide bonds. The highest BCUT2D eigenvalue weighted by Crippen LogP contribution is 2.28. The van der Waals surface area contributed by atoms with Crippen molar-refractivity contribution in [3.8, 4) is 11.4 Å². The number of carboxylic acids is 1. The Morgan fingerprint density at radius 2 is 1.76 bits per heavy atom. The van der Waals surface area contributed by atoms with E-state index in [2.05, 4.69) is 42.8 Å². The number of rotatable bonds is 3. The number of nitrogens with zero attached hydrogens (tertiary/aromatic N) is 2. The number of Topliss-reactive ketones (excluding diaryl/α,β-unsaturated/α-hetero) is 1. The van der Waals surface area contributed by atoms with Gasteiger partial charge in [0.2, 0.25) is 0 Å². The summed E-state index contributed by atoms with van der Waals surface area (Å²) in [5, 5.41) is 10.5. The minimum Gasteiger partial charge on any atom is -0.475 e. The van der Waals surface area contributed by atoms with E-state index in [0.29, 0.717) is 18.7 Å². The molecule has 6 nitrogen and oxygen atoms in total. The fraction of sp³-hybridized carbons (Fsp3) is 0.450. The van der Waals surface area contributed by atoms with Crippen molar-refractivity contribution < 1.29 is 27.9 Å². The van der Waals surface area contributed by atoms with Crippen LogP contribution in [0.1, 0.15) is 43.4 Å². The number of fused-ring (bicyclic) bond motifs is 1. The third kappa shape index (κ3) is 6.15. The van der Waals surface area contributed by atoms with Gasteiger partial charge in [0, 0.05) is 31.6 Å². The number of hydrogen-bond donors (Lipinski definition) is 2. The highest BCUT2D eigenvalue weighted by molar-refractivity contribution is 5.96. The van der Waals surface area contributed by atoms with Crippen LogP contribution in [0.15, 0.2) is 30.3 Å². The minimum atomic E-state index is -5.08. The minimum absolute atomic E-state index is 0.0252. The molecule has 0 unspecified atom stereocenters. The summed E-state index contributed by atoms with van der Waals surface area (Å²) in [6, 6.07) is 10.1. The molecular formula is C20H24F3N3O3. The third-order valence-electron chi connectivity index (χ3n) is 4.11. The lowest BCUT2D eigenvalue weighted by atomic mass is 9.89. The van der Waals surface area contributed by atoms with Crippen molar-refractivity contribution >= 4 is 11.8 Å². The number of imidazole rings is 1. The van der Waals surface area contributed by atoms with Crippen LogP contribution in [0.3, 0.4) is 0 Å². The molecule has 0 fully saturated rings. The first-order valence-corrected chi connectivity index (χ1v) is 9.09. The second kappa shape index (κ2) is 8.77. The smallest absolute Gasteiger partial charge is 0.475 e. The van der Waals surface area contributed by atoms with E-state index in [9.17, 15) is 18.0 Å². The van der Waals surface area contributed by atoms with Gasteiger partial charge in [0.15, 0.2) is 5.78 Å². The van der Waals surface area contributed by atoms with E-state index in [-0.39, 0.29) is 11.2 Å². The lowest BCUT2D eigenvalue weighted by molar-refractivity contribution is -0.192. The first-order chi connectivity index (χ1) is 13.4. The lowest BCUT2D eigenvalue weighted by Gasteiger charge is -2.20. The Bertz CT molecular complexity index is 869. The molecule has 1 aliphatic heterocycles. The number of carboxylic acid groups (broad SMARTS) is 1. The maximum Gasteiger partial charge on any atom is 0.490 e. The molecule has 2 aromatic rings. The van der Waals surface area contributed by atoms with Crippen molar-refractivity contribution in [2.24, 2.45) is 5.41 Å². The highest BCUT2D eigenvalue weighted by atomic mass is 19.4. The molecule has 0 saturated carbocycles. The van der Waals surface area contributed by atoms with Gasteiger partial charge in [-0.05, 0) is 5.41 Å². The normalized spacial score (nSPS) is 13.9. The van der Waals surface area contributed by atoms with Crippen LogP contribution in [0.4, 0.5) is 13.2 Å². The van der Waals surface area contributed by atoms with Crippen molar-refractivity contribution in [2.75, 3.05) is 6.54 Å². The number of aromatic nitrogens is 2. The number of alkyl halides is 3. The van der Waals surface area contributed by atoms with E-state index in [4.69, 9.17) is 14.9 Å². The lowest BCUT2D eigenvalue weighted by Crippen LogP contribution is -2.29. The highest BCUT2D eigenvalue weighted by Gasteiger charge is 2.38. The molecule has 29 heavy (non-hydrogen) atoms. The summed E-state index contributed by atoms with van der Waals surface area (Å²) in [4.78, 5) is 26.3. The predicted molar refractivity (Wildman–Crippen MR) is 101 cm³/mol. The zero-order valence-corrected chi connectivity index (χ0v) is 16.5. The number of carbonyl (C=O) groups excluding carboxylic acids is 1. The number of hydrogen-bond acceptors (Lipinski definition) is 4. The van der Waals surface area contributed by atoms with E-state index in [0.717, 1.165) is 30.2 Å². The van der Waals surface area contributed by atoms with Gasteiger partial charge in [-0.15, -0.1) is 0 Å². The molecule has 2 heterocycles. The topological polar surface area (TPSA) is 84.2 Å². The van der Waals surface area contributed by atoms with Gasteiger partial charge < -0.3 is 15.0 Å². The number of halogens is 3. The molecule has 2 N–H and O–H groups in total. The zero-order valence-electron chi connectivity index (χ0n) is 16.5. The van der Waals surface area contributed by atoms with Gasteiger partial charge in [0.1, 0.15) is 11.5 Å². The largest absolute Gasteiger partial charge is 0.490 e. The molecule has 158 valence electrons. The van der Waals surface area contributed by atoms with Crippen molar-refractivity contribution in [2.45, 2.75) is 46.5 Å². The van der Waals surface area contributed by atoms with E-state index in [1.165, 1.54) is 0 Å². The molecule has 0 atom stereocenters. The van der Waals surface area contributed by atoms with Crippen LogP contribution in [0.2, 0.25) is 0 Å². The Kier molecular flexibility index (Phi) is 6.84. The summed E-state index contributed by atoms with van der Waals surface area (Å²) < 4.78 is 33.9. The standard InChI is InChI=1S/C18H23N3O.C2HF3O2/c1-18(2,3)11-15(22)16-14-12-19-9-10-21(14)17(20-16)13-7-5-4-6-8-13;3-2(4,5)1(6)7/h4-8,19H,9-12H2,1-3H3;(H,6,7). The average Bonchev–Trinajstić information content (AvgIpc) is 3.01. The number of nitrogens with one attached hydrogen (secondary N) is 1. The molecule has 9 heteroatoms. The second-order valence-electron chi connectivity index (χ2n) is 7.89. The number of benzene rings is 1. The predicted octanol–water partition coefficient (Wildman–Crippen LogP) is 3.91. The molecule has 1 aromatic carbocycles. The van der Waals surface area contributed by atoms with Gasteiger partial charge in [-0.1, -0.05) is 51.1 Å². The fourth-order valence-corrected chi connectivity index (χ4v) is 2.90. The molecule has 0 bridgehead atoms. The van der Waals surface area contributed by atoms with Crippen LogP contribution >= 0.6 is 0 Å². The summed E-state index contributed by atoms with van der Waals surface area (Å²) in [7, 11) is 0. The first-order valence-electron chi connectivity index (χ1n) is 9.09. The van der Waals surface area contributed by atoms with E-state index in [1.54, 1.807) is 0 Å². The van der Waals surface area contributed by atoms with Crippen molar-refractivity contribution in [3.05, 3.63) is 41.7 Å². The molecule has 0 spiro atoms. The molecule has 0 aliphatic carbocycles. The zero-order chi connectivity index (χ0) is 21.8. The second-order valence-corrected chi connectivity index (χ2v) is 7.89. The summed E-state index contributed by atoms with van der Waals surface area (Å²) in [5.41, 5.74) is 2.71. The fourth-order valence-electron chi connectivity index (χ4n) is 2.90. The molecule has 0 saturated heterocycles. The molecule has 1 aromatic heterocycles. The van der Waals surface area contributed by atoms with Crippen molar-refractivity contribution in [1.82, 2.24) is 14.9 Å². The van der Waals surface area contributed by atoms with Gasteiger partial charge in [0.25, 0.3) is 0 Å². The average molecular weight is 411 g/mol. The van der Waals surface area contributed by atoms with Crippen molar-refractivity contribution in [1.29, 1.82) is 0 Å². The molecule has 1 aliphatic rings. The summed E-state index contributed by atoms with van der Waals surface area (Å²) in [5.74, 6) is -1.70. The monoisotopic (exact) mass is 411 g/mol. The molecule has 3 rings (SSSR count). The SMILES string of the molecule is CC(C)(C)CC(=O)c1nc(-c2ccccc2)n2c1CNCC2.O=C(O)C(F)(F)F. The summed E-state index contributed by atoms with van der Waals surface area (Å²) in [6.45, 7) is 8.74. The van der Waals surface area contributed by atoms with Crippen molar-refractivity contribution in [3.63, 3.8) is 0 Å². The Hall–Kier alpha value is -2.68. The maximum absolute atomic E-state index is 12.7. The Labute approximate surface area is 166 Å².